The van der Waals surface area contributed by atoms with Gasteiger partial charge in [-0.2, -0.15) is 13.2 Å². The Morgan fingerprint density at radius 2 is 1.92 bits per heavy atom. The predicted molar refractivity (Wildman–Crippen MR) is 92.9 cm³/mol. The molecule has 1 aromatic carbocycles. The average Bonchev–Trinajstić information content (AvgIpc) is 2.94. The van der Waals surface area contributed by atoms with Crippen LogP contribution in [-0.2, 0) is 17.4 Å². The van der Waals surface area contributed by atoms with Crippen molar-refractivity contribution < 1.29 is 18.0 Å². The Hall–Kier alpha value is -2.23. The van der Waals surface area contributed by atoms with Gasteiger partial charge in [0.05, 0.1) is 5.25 Å². The van der Waals surface area contributed by atoms with E-state index in [1.165, 1.54) is 5.56 Å². The summed E-state index contributed by atoms with van der Waals surface area (Å²) in [5, 5.41) is 8.46. The van der Waals surface area contributed by atoms with Gasteiger partial charge in [0.25, 0.3) is 5.82 Å². The van der Waals surface area contributed by atoms with Gasteiger partial charge < -0.3 is 11.2 Å². The van der Waals surface area contributed by atoms with Crippen LogP contribution >= 0.6 is 11.8 Å². The molecule has 0 aliphatic rings. The van der Waals surface area contributed by atoms with Crippen LogP contribution in [0.2, 0.25) is 0 Å². The number of nitrogens with zero attached hydrogens (tertiary/aromatic N) is 3. The van der Waals surface area contributed by atoms with Gasteiger partial charge in [0.15, 0.2) is 0 Å². The van der Waals surface area contributed by atoms with E-state index in [1.54, 1.807) is 6.92 Å². The molecule has 1 amide bonds. The number of aromatic nitrogens is 3. The molecule has 0 unspecified atom stereocenters. The number of amides is 1. The van der Waals surface area contributed by atoms with Crippen LogP contribution in [0.15, 0.2) is 35.5 Å². The third kappa shape index (κ3) is 5.38. The predicted octanol–water partition coefficient (Wildman–Crippen LogP) is 2.63. The van der Waals surface area contributed by atoms with E-state index in [1.807, 2.05) is 37.3 Å². The Morgan fingerprint density at radius 1 is 1.27 bits per heavy atom. The van der Waals surface area contributed by atoms with Gasteiger partial charge >= 0.3 is 6.18 Å². The molecule has 0 spiro atoms. The Labute approximate surface area is 153 Å². The number of nitrogens with one attached hydrogen (secondary N) is 1. The summed E-state index contributed by atoms with van der Waals surface area (Å²) in [5.74, 6) is 3.77. The van der Waals surface area contributed by atoms with Crippen LogP contribution in [0.4, 0.5) is 13.2 Å². The topological polar surface area (TPSA) is 85.8 Å². The maximum atomic E-state index is 12.7. The SMILES string of the molecule is C[C@@H](CCc1ccccc1)NC(=O)[C@@H](C)Sc1nnc(C(F)(F)F)n1N. The van der Waals surface area contributed by atoms with E-state index in [0.29, 0.717) is 4.68 Å². The molecule has 26 heavy (non-hydrogen) atoms. The normalized spacial score (nSPS) is 14.0. The van der Waals surface area contributed by atoms with Crippen LogP contribution in [0.1, 0.15) is 31.7 Å². The van der Waals surface area contributed by atoms with Crippen LogP contribution in [0.3, 0.4) is 0 Å². The highest BCUT2D eigenvalue weighted by Gasteiger charge is 2.38. The molecule has 3 N–H and O–H groups in total. The third-order valence-electron chi connectivity index (χ3n) is 3.67. The Balaban J connectivity index is 1.86. The molecular formula is C16H20F3N5OS. The van der Waals surface area contributed by atoms with E-state index < -0.39 is 17.3 Å². The number of benzene rings is 1. The molecule has 0 radical (unpaired) electrons. The van der Waals surface area contributed by atoms with Crippen molar-refractivity contribution in [2.24, 2.45) is 0 Å². The molecule has 0 bridgehead atoms. The lowest BCUT2D eigenvalue weighted by molar-refractivity contribution is -0.146. The molecule has 1 aromatic heterocycles. The fraction of sp³-hybridized carbons (Fsp3) is 0.438. The van der Waals surface area contributed by atoms with Gasteiger partial charge in [0.1, 0.15) is 0 Å². The van der Waals surface area contributed by atoms with Gasteiger partial charge in [-0.1, -0.05) is 42.1 Å². The molecule has 2 rings (SSSR count). The molecule has 0 saturated carbocycles. The Bertz CT molecular complexity index is 735. The summed E-state index contributed by atoms with van der Waals surface area (Å²) in [6.45, 7) is 3.46. The van der Waals surface area contributed by atoms with Gasteiger partial charge in [-0.15, -0.1) is 10.2 Å². The second-order valence-electron chi connectivity index (χ2n) is 5.87. The first-order chi connectivity index (χ1) is 12.2. The van der Waals surface area contributed by atoms with Crippen LogP contribution < -0.4 is 11.2 Å². The summed E-state index contributed by atoms with van der Waals surface area (Å²) in [5.41, 5.74) is 1.17. The van der Waals surface area contributed by atoms with Crippen LogP contribution in [0.5, 0.6) is 0 Å². The first kappa shape index (κ1) is 20.1. The van der Waals surface area contributed by atoms with Gasteiger partial charge in [0, 0.05) is 6.04 Å². The molecule has 2 atom stereocenters. The van der Waals surface area contributed by atoms with Gasteiger partial charge in [0.2, 0.25) is 11.1 Å². The van der Waals surface area contributed by atoms with Crippen LogP contribution in [0.25, 0.3) is 0 Å². The number of nitrogen functional groups attached to an aromatic ring is 1. The maximum absolute atomic E-state index is 12.7. The molecule has 0 fully saturated rings. The number of carbonyl (C=O) groups is 1. The molecule has 0 aliphatic heterocycles. The van der Waals surface area contributed by atoms with Crippen molar-refractivity contribution in [1.82, 2.24) is 20.2 Å². The van der Waals surface area contributed by atoms with Crippen LogP contribution in [0, 0.1) is 0 Å². The summed E-state index contributed by atoms with van der Waals surface area (Å²) in [6, 6.07) is 9.80. The number of aryl methyl sites for hydroxylation is 1. The molecule has 10 heteroatoms. The van der Waals surface area contributed by atoms with Crippen molar-refractivity contribution in [3.63, 3.8) is 0 Å². The van der Waals surface area contributed by atoms with E-state index in [-0.39, 0.29) is 17.1 Å². The minimum absolute atomic E-state index is 0.0766. The monoisotopic (exact) mass is 387 g/mol. The first-order valence-electron chi connectivity index (χ1n) is 7.97. The van der Waals surface area contributed by atoms with Crippen molar-refractivity contribution in [3.8, 4) is 0 Å². The summed E-state index contributed by atoms with van der Waals surface area (Å²) in [6.07, 6.45) is -3.13. The van der Waals surface area contributed by atoms with Gasteiger partial charge in [-0.05, 0) is 32.3 Å². The number of thioether (sulfide) groups is 1. The maximum Gasteiger partial charge on any atom is 0.453 e. The summed E-state index contributed by atoms with van der Waals surface area (Å²) < 4.78 is 38.3. The fourth-order valence-electron chi connectivity index (χ4n) is 2.22. The zero-order valence-electron chi connectivity index (χ0n) is 14.3. The number of halogens is 3. The van der Waals surface area contributed by atoms with Gasteiger partial charge in [-0.25, -0.2) is 4.68 Å². The lowest BCUT2D eigenvalue weighted by atomic mass is 10.1. The second kappa shape index (κ2) is 8.43. The quantitative estimate of drug-likeness (QED) is 0.563. The molecule has 1 heterocycles. The Morgan fingerprint density at radius 3 is 2.50 bits per heavy atom. The van der Waals surface area contributed by atoms with Crippen molar-refractivity contribution >= 4 is 17.7 Å². The van der Waals surface area contributed by atoms with E-state index in [4.69, 9.17) is 5.84 Å². The number of rotatable bonds is 7. The number of nitrogens with two attached hydrogens (primary N) is 1. The van der Waals surface area contributed by atoms with Crippen LogP contribution in [-0.4, -0.2) is 32.1 Å². The first-order valence-corrected chi connectivity index (χ1v) is 8.85. The van der Waals surface area contributed by atoms with Crippen molar-refractivity contribution in [2.45, 2.75) is 49.3 Å². The lowest BCUT2D eigenvalue weighted by Gasteiger charge is -2.17. The minimum atomic E-state index is -4.70. The summed E-state index contributed by atoms with van der Waals surface area (Å²) in [4.78, 5) is 12.2. The average molecular weight is 387 g/mol. The lowest BCUT2D eigenvalue weighted by Crippen LogP contribution is -2.38. The molecule has 142 valence electrons. The standard InChI is InChI=1S/C16H20F3N5OS/c1-10(8-9-12-6-4-3-5-7-12)21-13(25)11(2)26-15-23-22-14(24(15)20)16(17,18)19/h3-7,10-11H,8-9,20H2,1-2H3,(H,21,25)/t10-,11+/m0/s1. The smallest absolute Gasteiger partial charge is 0.353 e. The number of hydrogen-bond donors (Lipinski definition) is 2. The number of alkyl halides is 3. The Kier molecular flexibility index (Phi) is 6.52. The fourth-order valence-corrected chi connectivity index (χ4v) is 3.00. The van der Waals surface area contributed by atoms with Crippen molar-refractivity contribution in [1.29, 1.82) is 0 Å². The van der Waals surface area contributed by atoms with Gasteiger partial charge in [-0.3, -0.25) is 4.79 Å². The highest BCUT2D eigenvalue weighted by molar-refractivity contribution is 8.00. The third-order valence-corrected chi connectivity index (χ3v) is 4.72. The molecule has 6 nitrogen and oxygen atoms in total. The molecule has 0 aliphatic carbocycles. The zero-order valence-corrected chi connectivity index (χ0v) is 15.1. The largest absolute Gasteiger partial charge is 0.453 e. The summed E-state index contributed by atoms with van der Waals surface area (Å²) >= 11 is 0.824. The van der Waals surface area contributed by atoms with Crippen molar-refractivity contribution in [3.05, 3.63) is 41.7 Å². The molecule has 0 saturated heterocycles. The molecule has 2 aromatic rings. The number of carbonyl (C=O) groups excluding carboxylic acids is 1. The van der Waals surface area contributed by atoms with E-state index in [0.717, 1.165) is 24.6 Å². The number of hydrogen-bond acceptors (Lipinski definition) is 5. The molecular weight excluding hydrogens is 367 g/mol. The zero-order chi connectivity index (χ0) is 19.3. The van der Waals surface area contributed by atoms with E-state index in [9.17, 15) is 18.0 Å². The highest BCUT2D eigenvalue weighted by atomic mass is 32.2. The summed E-state index contributed by atoms with van der Waals surface area (Å²) in [7, 11) is 0. The highest BCUT2D eigenvalue weighted by Crippen LogP contribution is 2.30. The van der Waals surface area contributed by atoms with E-state index in [2.05, 4.69) is 15.5 Å². The minimum Gasteiger partial charge on any atom is -0.353 e. The second-order valence-corrected chi connectivity index (χ2v) is 7.18. The van der Waals surface area contributed by atoms with Crippen molar-refractivity contribution in [2.75, 3.05) is 5.84 Å². The van der Waals surface area contributed by atoms with E-state index >= 15 is 0 Å².